The third kappa shape index (κ3) is 7.72. The molecule has 2 aliphatic rings. The second-order valence-corrected chi connectivity index (χ2v) is 7.58. The molecular formula is C21H35NO5. The molecule has 154 valence electrons. The lowest BCUT2D eigenvalue weighted by Crippen LogP contribution is -2.38. The van der Waals surface area contributed by atoms with Crippen LogP contribution in [0.3, 0.4) is 0 Å². The fourth-order valence-electron chi connectivity index (χ4n) is 3.78. The van der Waals surface area contributed by atoms with E-state index in [0.29, 0.717) is 13.2 Å². The predicted octanol–water partition coefficient (Wildman–Crippen LogP) is 2.34. The fourth-order valence-corrected chi connectivity index (χ4v) is 3.78. The van der Waals surface area contributed by atoms with E-state index in [2.05, 4.69) is 17.9 Å². The molecule has 0 amide bonds. The van der Waals surface area contributed by atoms with E-state index in [4.69, 9.17) is 9.47 Å². The zero-order valence-electron chi connectivity index (χ0n) is 16.6. The zero-order valence-corrected chi connectivity index (χ0v) is 16.6. The lowest BCUT2D eigenvalue weighted by Gasteiger charge is -2.26. The Labute approximate surface area is 162 Å². The highest BCUT2D eigenvalue weighted by molar-refractivity contribution is 5.88. The predicted molar refractivity (Wildman–Crippen MR) is 103 cm³/mol. The van der Waals surface area contributed by atoms with Gasteiger partial charge in [-0.3, -0.25) is 14.5 Å². The van der Waals surface area contributed by atoms with E-state index in [1.807, 2.05) is 6.08 Å². The molecule has 0 bridgehead atoms. The number of ketones is 1. The molecule has 2 fully saturated rings. The molecule has 1 aliphatic carbocycles. The van der Waals surface area contributed by atoms with E-state index < -0.39 is 12.0 Å². The molecule has 1 saturated carbocycles. The van der Waals surface area contributed by atoms with Crippen molar-refractivity contribution in [3.05, 3.63) is 12.2 Å². The Morgan fingerprint density at radius 2 is 2.07 bits per heavy atom. The molecule has 27 heavy (non-hydrogen) atoms. The van der Waals surface area contributed by atoms with Crippen LogP contribution in [0.15, 0.2) is 12.2 Å². The van der Waals surface area contributed by atoms with Crippen molar-refractivity contribution in [2.75, 3.05) is 39.5 Å². The number of hydrogen-bond donors (Lipinski definition) is 1. The van der Waals surface area contributed by atoms with Crippen molar-refractivity contribution in [1.82, 2.24) is 4.90 Å². The van der Waals surface area contributed by atoms with Crippen molar-refractivity contribution < 1.29 is 24.2 Å². The monoisotopic (exact) mass is 381 g/mol. The van der Waals surface area contributed by atoms with Crippen molar-refractivity contribution in [1.29, 1.82) is 0 Å². The van der Waals surface area contributed by atoms with E-state index in [-0.39, 0.29) is 30.5 Å². The highest BCUT2D eigenvalue weighted by Crippen LogP contribution is 2.33. The van der Waals surface area contributed by atoms with Crippen molar-refractivity contribution in [3.8, 4) is 0 Å². The number of nitrogens with zero attached hydrogens (tertiary/aromatic N) is 1. The molecular weight excluding hydrogens is 346 g/mol. The van der Waals surface area contributed by atoms with Gasteiger partial charge in [-0.2, -0.15) is 0 Å². The molecule has 2 rings (SSSR count). The van der Waals surface area contributed by atoms with Crippen LogP contribution in [0.25, 0.3) is 0 Å². The summed E-state index contributed by atoms with van der Waals surface area (Å²) in [5, 5.41) is 10.2. The second-order valence-electron chi connectivity index (χ2n) is 7.58. The molecule has 0 aromatic heterocycles. The zero-order chi connectivity index (χ0) is 19.5. The van der Waals surface area contributed by atoms with Gasteiger partial charge >= 0.3 is 5.97 Å². The second kappa shape index (κ2) is 12.3. The standard InChI is InChI=1S/C21H35NO5/c1-2-3-4-5-6-7-8-17-18(20(24)16-19(17)23)15-21(25)27-14-11-22-9-12-26-13-10-22/h7-8,17-19,23H,2-6,9-16H2,1H3/b8-7+/t17-,18-,19-/m1/s1. The normalized spacial score (nSPS) is 26.7. The van der Waals surface area contributed by atoms with Crippen LogP contribution in [0.5, 0.6) is 0 Å². The summed E-state index contributed by atoms with van der Waals surface area (Å²) in [5.74, 6) is -1.11. The van der Waals surface area contributed by atoms with E-state index in [1.54, 1.807) is 0 Å². The maximum absolute atomic E-state index is 12.2. The van der Waals surface area contributed by atoms with Gasteiger partial charge < -0.3 is 14.6 Å². The van der Waals surface area contributed by atoms with Gasteiger partial charge in [0.25, 0.3) is 0 Å². The molecule has 1 heterocycles. The Kier molecular flexibility index (Phi) is 10.0. The first kappa shape index (κ1) is 22.1. The maximum Gasteiger partial charge on any atom is 0.306 e. The number of carbonyl (C=O) groups excluding carboxylic acids is 2. The van der Waals surface area contributed by atoms with Gasteiger partial charge in [-0.05, 0) is 12.8 Å². The molecule has 0 spiro atoms. The summed E-state index contributed by atoms with van der Waals surface area (Å²) in [6, 6.07) is 0. The van der Waals surface area contributed by atoms with Gasteiger partial charge in [-0.1, -0.05) is 38.3 Å². The van der Waals surface area contributed by atoms with E-state index in [9.17, 15) is 14.7 Å². The summed E-state index contributed by atoms with van der Waals surface area (Å²) in [5.41, 5.74) is 0. The topological polar surface area (TPSA) is 76.1 Å². The number of carbonyl (C=O) groups is 2. The largest absolute Gasteiger partial charge is 0.464 e. The Bertz CT molecular complexity index is 487. The summed E-state index contributed by atoms with van der Waals surface area (Å²) in [7, 11) is 0. The summed E-state index contributed by atoms with van der Waals surface area (Å²) in [4.78, 5) is 26.6. The third-order valence-corrected chi connectivity index (χ3v) is 5.48. The van der Waals surface area contributed by atoms with Gasteiger partial charge in [0.15, 0.2) is 0 Å². The van der Waals surface area contributed by atoms with Gasteiger partial charge in [0, 0.05) is 37.9 Å². The van der Waals surface area contributed by atoms with Gasteiger partial charge in [0.2, 0.25) is 0 Å². The number of hydrogen-bond acceptors (Lipinski definition) is 6. The molecule has 3 atom stereocenters. The Morgan fingerprint density at radius 1 is 1.30 bits per heavy atom. The number of rotatable bonds is 11. The number of morpholine rings is 1. The van der Waals surface area contributed by atoms with Gasteiger partial charge in [-0.15, -0.1) is 0 Å². The molecule has 0 aromatic rings. The molecule has 1 N–H and O–H groups in total. The number of Topliss-reactive ketones (excluding diaryl/α,β-unsaturated/α-hetero) is 1. The molecule has 1 saturated heterocycles. The first-order valence-corrected chi connectivity index (χ1v) is 10.4. The van der Waals surface area contributed by atoms with Crippen molar-refractivity contribution >= 4 is 11.8 Å². The summed E-state index contributed by atoms with van der Waals surface area (Å²) < 4.78 is 10.6. The number of allylic oxidation sites excluding steroid dienone is 1. The summed E-state index contributed by atoms with van der Waals surface area (Å²) in [6.07, 6.45) is 9.21. The average Bonchev–Trinajstić information content (AvgIpc) is 2.92. The smallest absolute Gasteiger partial charge is 0.306 e. The average molecular weight is 382 g/mol. The number of aliphatic hydroxyl groups excluding tert-OH is 1. The number of esters is 1. The number of unbranched alkanes of at least 4 members (excludes halogenated alkanes) is 4. The Morgan fingerprint density at radius 3 is 2.81 bits per heavy atom. The van der Waals surface area contributed by atoms with E-state index in [1.165, 1.54) is 19.3 Å². The number of aliphatic hydroxyl groups is 1. The quantitative estimate of drug-likeness (QED) is 0.336. The van der Waals surface area contributed by atoms with E-state index >= 15 is 0 Å². The molecule has 6 heteroatoms. The van der Waals surface area contributed by atoms with Crippen LogP contribution in [0.1, 0.15) is 51.9 Å². The highest BCUT2D eigenvalue weighted by atomic mass is 16.5. The summed E-state index contributed by atoms with van der Waals surface area (Å²) >= 11 is 0. The van der Waals surface area contributed by atoms with Crippen LogP contribution in [0.2, 0.25) is 0 Å². The van der Waals surface area contributed by atoms with Gasteiger partial charge in [-0.25, -0.2) is 0 Å². The lowest BCUT2D eigenvalue weighted by molar-refractivity contribution is -0.147. The Balaban J connectivity index is 1.73. The lowest BCUT2D eigenvalue weighted by atomic mass is 9.90. The molecule has 0 unspecified atom stereocenters. The minimum absolute atomic E-state index is 0.0340. The van der Waals surface area contributed by atoms with Crippen LogP contribution in [0.4, 0.5) is 0 Å². The van der Waals surface area contributed by atoms with Crippen LogP contribution in [-0.4, -0.2) is 67.3 Å². The maximum atomic E-state index is 12.2. The van der Waals surface area contributed by atoms with E-state index in [0.717, 1.165) is 39.1 Å². The van der Waals surface area contributed by atoms with Crippen LogP contribution in [-0.2, 0) is 19.1 Å². The number of ether oxygens (including phenoxy) is 2. The molecule has 6 nitrogen and oxygen atoms in total. The fraction of sp³-hybridized carbons (Fsp3) is 0.810. The van der Waals surface area contributed by atoms with Crippen LogP contribution < -0.4 is 0 Å². The minimum atomic E-state index is -0.685. The summed E-state index contributed by atoms with van der Waals surface area (Å²) in [6.45, 7) is 6.36. The molecule has 0 radical (unpaired) electrons. The van der Waals surface area contributed by atoms with Crippen LogP contribution >= 0.6 is 0 Å². The van der Waals surface area contributed by atoms with Gasteiger partial charge in [0.1, 0.15) is 12.4 Å². The third-order valence-electron chi connectivity index (χ3n) is 5.48. The van der Waals surface area contributed by atoms with Gasteiger partial charge in [0.05, 0.1) is 25.7 Å². The minimum Gasteiger partial charge on any atom is -0.464 e. The van der Waals surface area contributed by atoms with Crippen LogP contribution in [0, 0.1) is 11.8 Å². The first-order chi connectivity index (χ1) is 13.1. The van der Waals surface area contributed by atoms with Crippen molar-refractivity contribution in [2.24, 2.45) is 11.8 Å². The Hall–Kier alpha value is -1.24. The molecule has 0 aromatic carbocycles. The van der Waals surface area contributed by atoms with Crippen molar-refractivity contribution in [3.63, 3.8) is 0 Å². The molecule has 1 aliphatic heterocycles. The highest BCUT2D eigenvalue weighted by Gasteiger charge is 2.41. The first-order valence-electron chi connectivity index (χ1n) is 10.4. The SMILES string of the molecule is CCCCCC/C=C/[C@H]1[C@H](O)CC(=O)[C@@H]1CC(=O)OCCN1CCOCC1. The van der Waals surface area contributed by atoms with Crippen molar-refractivity contribution in [2.45, 2.75) is 58.0 Å².